The number of hydrogen-bond acceptors (Lipinski definition) is 3. The van der Waals surface area contributed by atoms with E-state index < -0.39 is 0 Å². The molecule has 2 unspecified atom stereocenters. The van der Waals surface area contributed by atoms with E-state index >= 15 is 0 Å². The van der Waals surface area contributed by atoms with Crippen molar-refractivity contribution in [1.82, 2.24) is 24.9 Å². The summed E-state index contributed by atoms with van der Waals surface area (Å²) in [6.45, 7) is 9.19. The first-order chi connectivity index (χ1) is 12.2. The van der Waals surface area contributed by atoms with Crippen LogP contribution in [0.5, 0.6) is 0 Å². The first-order valence-electron chi connectivity index (χ1n) is 9.82. The van der Waals surface area contributed by atoms with E-state index in [9.17, 15) is 0 Å². The molecule has 0 aliphatic carbocycles. The van der Waals surface area contributed by atoms with Gasteiger partial charge in [0.25, 0.3) is 0 Å². The summed E-state index contributed by atoms with van der Waals surface area (Å²) in [5.41, 5.74) is 1.35. The van der Waals surface area contributed by atoms with E-state index in [1.165, 1.54) is 50.9 Å². The van der Waals surface area contributed by atoms with Crippen molar-refractivity contribution in [2.24, 2.45) is 18.0 Å². The number of hydrogen-bond donors (Lipinski definition) is 1. The van der Waals surface area contributed by atoms with Crippen LogP contribution in [0.2, 0.25) is 0 Å². The lowest BCUT2D eigenvalue weighted by molar-refractivity contribution is 0.200. The summed E-state index contributed by atoms with van der Waals surface area (Å²) < 4.78 is 1.90. The van der Waals surface area contributed by atoms with Gasteiger partial charge in [0, 0.05) is 52.4 Å². The summed E-state index contributed by atoms with van der Waals surface area (Å²) in [7, 11) is 3.88. The highest BCUT2D eigenvalue weighted by atomic mass is 15.3. The Morgan fingerprint density at radius 3 is 2.80 bits per heavy atom. The van der Waals surface area contributed by atoms with Crippen LogP contribution < -0.4 is 5.32 Å². The minimum absolute atomic E-state index is 0.568. The SMILES string of the molecule is CN=C(NCC(C)CN1CCCCC1)N1CCC(c2cnn(C)c2)C1. The van der Waals surface area contributed by atoms with Crippen molar-refractivity contribution in [3.63, 3.8) is 0 Å². The van der Waals surface area contributed by atoms with Gasteiger partial charge in [-0.05, 0) is 43.8 Å². The predicted octanol–water partition coefficient (Wildman–Crippen LogP) is 1.91. The number of piperidine rings is 1. The quantitative estimate of drug-likeness (QED) is 0.654. The van der Waals surface area contributed by atoms with Crippen LogP contribution in [0.15, 0.2) is 17.4 Å². The Hall–Kier alpha value is -1.56. The van der Waals surface area contributed by atoms with Crippen LogP contribution in [0.1, 0.15) is 44.1 Å². The molecular weight excluding hydrogens is 312 g/mol. The Morgan fingerprint density at radius 1 is 1.32 bits per heavy atom. The van der Waals surface area contributed by atoms with Gasteiger partial charge >= 0.3 is 0 Å². The second kappa shape index (κ2) is 8.70. The van der Waals surface area contributed by atoms with E-state index in [1.54, 1.807) is 0 Å². The van der Waals surface area contributed by atoms with Crippen molar-refractivity contribution in [2.45, 2.75) is 38.5 Å². The highest BCUT2D eigenvalue weighted by Crippen LogP contribution is 2.26. The summed E-state index contributed by atoms with van der Waals surface area (Å²) in [6.07, 6.45) is 9.46. The first-order valence-corrected chi connectivity index (χ1v) is 9.82. The smallest absolute Gasteiger partial charge is 0.193 e. The molecule has 2 aliphatic heterocycles. The second-order valence-corrected chi connectivity index (χ2v) is 7.77. The van der Waals surface area contributed by atoms with Gasteiger partial charge in [0.05, 0.1) is 6.20 Å². The first kappa shape index (κ1) is 18.2. The fraction of sp³-hybridized carbons (Fsp3) is 0.789. The minimum Gasteiger partial charge on any atom is -0.356 e. The number of likely N-dealkylation sites (tertiary alicyclic amines) is 2. The molecule has 0 bridgehead atoms. The van der Waals surface area contributed by atoms with Gasteiger partial charge in [-0.2, -0.15) is 5.10 Å². The number of nitrogens with one attached hydrogen (secondary N) is 1. The zero-order valence-corrected chi connectivity index (χ0v) is 16.1. The van der Waals surface area contributed by atoms with Crippen LogP contribution in [0, 0.1) is 5.92 Å². The lowest BCUT2D eigenvalue weighted by Gasteiger charge is -2.30. The highest BCUT2D eigenvalue weighted by Gasteiger charge is 2.27. The molecule has 2 aliphatic rings. The van der Waals surface area contributed by atoms with Gasteiger partial charge in [-0.25, -0.2) is 0 Å². The maximum atomic E-state index is 4.52. The van der Waals surface area contributed by atoms with E-state index in [0.717, 1.165) is 25.6 Å². The third kappa shape index (κ3) is 4.97. The molecule has 1 N–H and O–H groups in total. The maximum absolute atomic E-state index is 4.52. The molecule has 0 radical (unpaired) electrons. The summed E-state index contributed by atoms with van der Waals surface area (Å²) in [5.74, 6) is 2.27. The number of aryl methyl sites for hydroxylation is 1. The van der Waals surface area contributed by atoms with Gasteiger partial charge in [-0.1, -0.05) is 13.3 Å². The average Bonchev–Trinajstić information content (AvgIpc) is 3.25. The normalized spacial score (nSPS) is 23.9. The van der Waals surface area contributed by atoms with E-state index in [-0.39, 0.29) is 0 Å². The fourth-order valence-corrected chi connectivity index (χ4v) is 4.12. The number of aromatic nitrogens is 2. The van der Waals surface area contributed by atoms with E-state index in [1.807, 2.05) is 25.0 Å². The van der Waals surface area contributed by atoms with Gasteiger partial charge < -0.3 is 15.1 Å². The lowest BCUT2D eigenvalue weighted by atomic mass is 10.0. The molecule has 1 aromatic heterocycles. The van der Waals surface area contributed by atoms with Crippen LogP contribution in [0.4, 0.5) is 0 Å². The molecule has 2 saturated heterocycles. The number of guanidine groups is 1. The summed E-state index contributed by atoms with van der Waals surface area (Å²) >= 11 is 0. The largest absolute Gasteiger partial charge is 0.356 e. The van der Waals surface area contributed by atoms with Crippen LogP contribution in [0.3, 0.4) is 0 Å². The van der Waals surface area contributed by atoms with Gasteiger partial charge in [-0.15, -0.1) is 0 Å². The Kier molecular flexibility index (Phi) is 6.34. The predicted molar refractivity (Wildman–Crippen MR) is 103 cm³/mol. The molecule has 140 valence electrons. The van der Waals surface area contributed by atoms with E-state index in [4.69, 9.17) is 0 Å². The Bertz CT molecular complexity index is 560. The molecule has 25 heavy (non-hydrogen) atoms. The number of rotatable bonds is 5. The molecule has 3 rings (SSSR count). The maximum Gasteiger partial charge on any atom is 0.193 e. The molecule has 3 heterocycles. The lowest BCUT2D eigenvalue weighted by Crippen LogP contribution is -2.43. The van der Waals surface area contributed by atoms with Crippen molar-refractivity contribution in [2.75, 3.05) is 46.3 Å². The molecule has 6 heteroatoms. The topological polar surface area (TPSA) is 48.7 Å². The number of nitrogens with zero attached hydrogens (tertiary/aromatic N) is 5. The van der Waals surface area contributed by atoms with Crippen molar-refractivity contribution in [3.8, 4) is 0 Å². The van der Waals surface area contributed by atoms with Gasteiger partial charge in [0.2, 0.25) is 0 Å². The molecule has 2 atom stereocenters. The highest BCUT2D eigenvalue weighted by molar-refractivity contribution is 5.80. The third-order valence-electron chi connectivity index (χ3n) is 5.52. The molecule has 1 aromatic rings. The molecule has 2 fully saturated rings. The fourth-order valence-electron chi connectivity index (χ4n) is 4.12. The molecule has 0 aromatic carbocycles. The van der Waals surface area contributed by atoms with Gasteiger partial charge in [0.15, 0.2) is 5.96 Å². The summed E-state index contributed by atoms with van der Waals surface area (Å²) in [4.78, 5) is 9.53. The minimum atomic E-state index is 0.568. The van der Waals surface area contributed by atoms with Crippen molar-refractivity contribution in [3.05, 3.63) is 18.0 Å². The Morgan fingerprint density at radius 2 is 2.12 bits per heavy atom. The van der Waals surface area contributed by atoms with Crippen LogP contribution in [0.25, 0.3) is 0 Å². The van der Waals surface area contributed by atoms with Crippen LogP contribution in [-0.2, 0) is 7.05 Å². The molecule has 0 saturated carbocycles. The second-order valence-electron chi connectivity index (χ2n) is 7.77. The average molecular weight is 347 g/mol. The monoisotopic (exact) mass is 346 g/mol. The third-order valence-corrected chi connectivity index (χ3v) is 5.52. The van der Waals surface area contributed by atoms with Crippen molar-refractivity contribution >= 4 is 5.96 Å². The van der Waals surface area contributed by atoms with Crippen LogP contribution >= 0.6 is 0 Å². The zero-order chi connectivity index (χ0) is 17.6. The Balaban J connectivity index is 1.44. The molecular formula is C19H34N6. The zero-order valence-electron chi connectivity index (χ0n) is 16.1. The van der Waals surface area contributed by atoms with E-state index in [0.29, 0.717) is 11.8 Å². The summed E-state index contributed by atoms with van der Waals surface area (Å²) in [5, 5.41) is 7.92. The Labute approximate surface area is 152 Å². The molecule has 0 spiro atoms. The van der Waals surface area contributed by atoms with Gasteiger partial charge in [-0.3, -0.25) is 9.67 Å². The van der Waals surface area contributed by atoms with Crippen molar-refractivity contribution in [1.29, 1.82) is 0 Å². The summed E-state index contributed by atoms with van der Waals surface area (Å²) in [6, 6.07) is 0. The van der Waals surface area contributed by atoms with E-state index in [2.05, 4.69) is 38.3 Å². The molecule has 6 nitrogen and oxygen atoms in total. The van der Waals surface area contributed by atoms with Crippen LogP contribution in [-0.4, -0.2) is 71.9 Å². The number of aliphatic imine (C=N–C) groups is 1. The molecule has 0 amide bonds. The van der Waals surface area contributed by atoms with Crippen molar-refractivity contribution < 1.29 is 0 Å². The standard InChI is InChI=1S/C19H34N6/c1-16(13-24-8-5-4-6-9-24)11-21-19(20-2)25-10-7-17(15-25)18-12-22-23(3)14-18/h12,14,16-17H,4-11,13,15H2,1-3H3,(H,20,21). The van der Waals surface area contributed by atoms with Gasteiger partial charge in [0.1, 0.15) is 0 Å².